The van der Waals surface area contributed by atoms with Gasteiger partial charge in [0.2, 0.25) is 15.9 Å². The van der Waals surface area contributed by atoms with Crippen molar-refractivity contribution in [1.82, 2.24) is 5.32 Å². The molecule has 0 aliphatic carbocycles. The van der Waals surface area contributed by atoms with Crippen molar-refractivity contribution in [2.45, 2.75) is 46.7 Å². The number of nitrogens with one attached hydrogen (secondary N) is 1. The molecule has 1 aliphatic rings. The number of nitrogens with zero attached hydrogens (tertiary/aromatic N) is 1. The molecule has 7 nitrogen and oxygen atoms in total. The second kappa shape index (κ2) is 8.37. The first-order chi connectivity index (χ1) is 12.5. The quantitative estimate of drug-likeness (QED) is 0.762. The van der Waals surface area contributed by atoms with Gasteiger partial charge in [0, 0.05) is 12.1 Å². The number of carbonyl (C=O) groups excluding carboxylic acids is 1. The zero-order valence-corrected chi connectivity index (χ0v) is 17.7. The van der Waals surface area contributed by atoms with Crippen LogP contribution >= 0.6 is 0 Å². The Morgan fingerprint density at radius 3 is 2.11 bits per heavy atom. The molecule has 1 heterocycles. The lowest BCUT2D eigenvalue weighted by molar-refractivity contribution is -0.123. The molecular weight excluding hydrogens is 368 g/mol. The minimum atomic E-state index is -3.69. The van der Waals surface area contributed by atoms with Gasteiger partial charge < -0.3 is 14.8 Å². The molecule has 27 heavy (non-hydrogen) atoms. The maximum atomic E-state index is 12.8. The van der Waals surface area contributed by atoms with Crippen LogP contribution in [0.1, 0.15) is 34.6 Å². The van der Waals surface area contributed by atoms with Crippen molar-refractivity contribution in [3.05, 3.63) is 18.2 Å². The van der Waals surface area contributed by atoms with Crippen molar-refractivity contribution >= 4 is 21.6 Å². The van der Waals surface area contributed by atoms with Crippen LogP contribution < -0.4 is 19.1 Å². The second-order valence-electron chi connectivity index (χ2n) is 7.59. The first kappa shape index (κ1) is 21.3. The lowest BCUT2D eigenvalue weighted by Gasteiger charge is -2.32. The number of rotatable bonds is 7. The normalized spacial score (nSPS) is 15.1. The van der Waals surface area contributed by atoms with Gasteiger partial charge in [0.1, 0.15) is 19.3 Å². The zero-order chi connectivity index (χ0) is 20.4. The number of ether oxygens (including phenoxy) is 2. The second-order valence-corrected chi connectivity index (χ2v) is 9.44. The third-order valence-corrected chi connectivity index (χ3v) is 5.86. The van der Waals surface area contributed by atoms with E-state index < -0.39 is 16.1 Å². The van der Waals surface area contributed by atoms with Gasteiger partial charge in [-0.3, -0.25) is 9.10 Å². The average molecular weight is 399 g/mol. The van der Waals surface area contributed by atoms with Gasteiger partial charge in [-0.25, -0.2) is 8.42 Å². The molecule has 0 radical (unpaired) electrons. The molecular formula is C19H30N2O5S. The molecule has 2 rings (SSSR count). The van der Waals surface area contributed by atoms with E-state index in [1.165, 1.54) is 0 Å². The lowest BCUT2D eigenvalue weighted by Crippen LogP contribution is -2.52. The molecule has 1 aromatic rings. The summed E-state index contributed by atoms with van der Waals surface area (Å²) < 4.78 is 37.1. The van der Waals surface area contributed by atoms with Gasteiger partial charge in [0.05, 0.1) is 11.9 Å². The summed E-state index contributed by atoms with van der Waals surface area (Å²) in [6.45, 7) is 10.6. The first-order valence-corrected chi connectivity index (χ1v) is 11.1. The Labute approximate surface area is 162 Å². The summed E-state index contributed by atoms with van der Waals surface area (Å²) in [5.41, 5.74) is 0.370. The van der Waals surface area contributed by atoms with E-state index in [-0.39, 0.29) is 23.8 Å². The number of fused-ring (bicyclic) bond motifs is 1. The monoisotopic (exact) mass is 398 g/mol. The summed E-state index contributed by atoms with van der Waals surface area (Å²) in [6.07, 6.45) is 1.09. The number of anilines is 1. The number of benzene rings is 1. The molecule has 0 unspecified atom stereocenters. The van der Waals surface area contributed by atoms with E-state index >= 15 is 0 Å². The minimum absolute atomic E-state index is 0.0402. The molecule has 0 bridgehead atoms. The Hall–Kier alpha value is -1.96. The molecule has 1 N–H and O–H groups in total. The van der Waals surface area contributed by atoms with Crippen molar-refractivity contribution in [3.63, 3.8) is 0 Å². The Morgan fingerprint density at radius 1 is 1.04 bits per heavy atom. The van der Waals surface area contributed by atoms with Gasteiger partial charge in [-0.1, -0.05) is 27.7 Å². The highest BCUT2D eigenvalue weighted by molar-refractivity contribution is 7.92. The van der Waals surface area contributed by atoms with Crippen LogP contribution in [-0.2, 0) is 14.8 Å². The average Bonchev–Trinajstić information content (AvgIpc) is 2.57. The van der Waals surface area contributed by atoms with E-state index in [2.05, 4.69) is 5.32 Å². The van der Waals surface area contributed by atoms with Crippen LogP contribution in [0.5, 0.6) is 11.5 Å². The van der Waals surface area contributed by atoms with Gasteiger partial charge in [-0.15, -0.1) is 0 Å². The van der Waals surface area contributed by atoms with Gasteiger partial charge >= 0.3 is 0 Å². The van der Waals surface area contributed by atoms with Crippen molar-refractivity contribution in [2.24, 2.45) is 11.8 Å². The van der Waals surface area contributed by atoms with Crippen LogP contribution in [0.3, 0.4) is 0 Å². The van der Waals surface area contributed by atoms with E-state index in [4.69, 9.17) is 9.47 Å². The van der Waals surface area contributed by atoms with E-state index in [0.717, 1.165) is 10.6 Å². The van der Waals surface area contributed by atoms with Crippen LogP contribution in [-0.4, -0.2) is 45.9 Å². The molecule has 1 atom stereocenters. The predicted molar refractivity (Wildman–Crippen MR) is 106 cm³/mol. The molecule has 1 aliphatic heterocycles. The van der Waals surface area contributed by atoms with Crippen LogP contribution in [0.25, 0.3) is 0 Å². The standard InChI is InChI=1S/C19H30N2O5S/c1-12(2)18(13(3)4)20-19(22)14(5)21(27(6,23)24)15-7-8-16-17(11-15)26-10-9-25-16/h7-8,11-14,18H,9-10H2,1-6H3,(H,20,22)/t14-/m1/s1. The van der Waals surface area contributed by atoms with Crippen LogP contribution in [0.4, 0.5) is 5.69 Å². The third-order valence-electron chi connectivity index (χ3n) is 4.61. The highest BCUT2D eigenvalue weighted by Crippen LogP contribution is 2.35. The topological polar surface area (TPSA) is 84.9 Å². The van der Waals surface area contributed by atoms with Crippen molar-refractivity contribution in [3.8, 4) is 11.5 Å². The number of carbonyl (C=O) groups is 1. The van der Waals surface area contributed by atoms with E-state index in [0.29, 0.717) is 30.4 Å². The van der Waals surface area contributed by atoms with Crippen molar-refractivity contribution < 1.29 is 22.7 Å². The molecule has 0 aromatic heterocycles. The number of sulfonamides is 1. The maximum absolute atomic E-state index is 12.8. The van der Waals surface area contributed by atoms with E-state index in [1.54, 1.807) is 25.1 Å². The fourth-order valence-corrected chi connectivity index (χ4v) is 4.53. The molecule has 0 saturated heterocycles. The van der Waals surface area contributed by atoms with Crippen LogP contribution in [0.15, 0.2) is 18.2 Å². The summed E-state index contributed by atoms with van der Waals surface area (Å²) in [4.78, 5) is 12.8. The smallest absolute Gasteiger partial charge is 0.243 e. The molecule has 1 aromatic carbocycles. The van der Waals surface area contributed by atoms with E-state index in [9.17, 15) is 13.2 Å². The Morgan fingerprint density at radius 2 is 1.59 bits per heavy atom. The molecule has 152 valence electrons. The fraction of sp³-hybridized carbons (Fsp3) is 0.632. The molecule has 1 amide bonds. The predicted octanol–water partition coefficient (Wildman–Crippen LogP) is 2.41. The SMILES string of the molecule is CC(C)C(NC(=O)[C@@H](C)N(c1ccc2c(c1)OCCO2)S(C)(=O)=O)C(C)C. The van der Waals surface area contributed by atoms with E-state index in [1.807, 2.05) is 27.7 Å². The molecule has 8 heteroatoms. The maximum Gasteiger partial charge on any atom is 0.243 e. The van der Waals surface area contributed by atoms with Crippen molar-refractivity contribution in [2.75, 3.05) is 23.8 Å². The van der Waals surface area contributed by atoms with Crippen LogP contribution in [0, 0.1) is 11.8 Å². The number of hydrogen-bond donors (Lipinski definition) is 1. The summed E-state index contributed by atoms with van der Waals surface area (Å²) in [6, 6.07) is 3.95. The molecule has 0 saturated carbocycles. The largest absolute Gasteiger partial charge is 0.486 e. The Kier molecular flexibility index (Phi) is 6.62. The third kappa shape index (κ3) is 5.06. The van der Waals surface area contributed by atoms with Crippen molar-refractivity contribution in [1.29, 1.82) is 0 Å². The highest BCUT2D eigenvalue weighted by Gasteiger charge is 2.32. The Balaban J connectivity index is 2.32. The minimum Gasteiger partial charge on any atom is -0.486 e. The molecule has 0 fully saturated rings. The summed E-state index contributed by atoms with van der Waals surface area (Å²) >= 11 is 0. The van der Waals surface area contributed by atoms with Gasteiger partial charge in [-0.2, -0.15) is 0 Å². The number of hydrogen-bond acceptors (Lipinski definition) is 5. The lowest BCUT2D eigenvalue weighted by atomic mass is 9.93. The van der Waals surface area contributed by atoms with Gasteiger partial charge in [0.25, 0.3) is 0 Å². The number of amides is 1. The Bertz CT molecular complexity index is 768. The summed E-state index contributed by atoms with van der Waals surface area (Å²) in [7, 11) is -3.69. The summed E-state index contributed by atoms with van der Waals surface area (Å²) in [5, 5.41) is 3.00. The van der Waals surface area contributed by atoms with Gasteiger partial charge in [-0.05, 0) is 30.9 Å². The van der Waals surface area contributed by atoms with Gasteiger partial charge in [0.15, 0.2) is 11.5 Å². The first-order valence-electron chi connectivity index (χ1n) is 9.21. The highest BCUT2D eigenvalue weighted by atomic mass is 32.2. The van der Waals surface area contributed by atoms with Crippen LogP contribution in [0.2, 0.25) is 0 Å². The summed E-state index contributed by atoms with van der Waals surface area (Å²) in [5.74, 6) is 1.18. The zero-order valence-electron chi connectivity index (χ0n) is 16.9. The molecule has 0 spiro atoms. The fourth-order valence-electron chi connectivity index (χ4n) is 3.37.